The molecule has 0 fully saturated rings. The second kappa shape index (κ2) is 13.1. The summed E-state index contributed by atoms with van der Waals surface area (Å²) in [5.74, 6) is -2.19. The van der Waals surface area contributed by atoms with Gasteiger partial charge < -0.3 is 14.8 Å². The van der Waals surface area contributed by atoms with E-state index < -0.39 is 37.7 Å². The fraction of sp³-hybridized carbons (Fsp3) is 0.129. The zero-order valence-corrected chi connectivity index (χ0v) is 25.5. The zero-order chi connectivity index (χ0) is 32.1. The number of amides is 1. The van der Waals surface area contributed by atoms with Crippen LogP contribution in [0.25, 0.3) is 16.8 Å². The van der Waals surface area contributed by atoms with Crippen LogP contribution in [-0.4, -0.2) is 40.4 Å². The number of anilines is 2. The van der Waals surface area contributed by atoms with Gasteiger partial charge in [-0.15, -0.1) is 0 Å². The van der Waals surface area contributed by atoms with Gasteiger partial charge >= 0.3 is 11.9 Å². The largest absolute Gasteiger partial charge is 0.423 e. The monoisotopic (exact) mass is 636 g/mol. The van der Waals surface area contributed by atoms with Crippen molar-refractivity contribution in [3.05, 3.63) is 90.5 Å². The second-order valence-electron chi connectivity index (χ2n) is 9.41. The lowest BCUT2D eigenvalue weighted by Gasteiger charge is -2.15. The van der Waals surface area contributed by atoms with Crippen molar-refractivity contribution < 1.29 is 40.7 Å². The summed E-state index contributed by atoms with van der Waals surface area (Å²) in [5, 5.41) is 3.03. The first-order valence-corrected chi connectivity index (χ1v) is 16.3. The van der Waals surface area contributed by atoms with Crippen molar-refractivity contribution in [1.82, 2.24) is 0 Å². The number of benzene rings is 4. The van der Waals surface area contributed by atoms with Crippen LogP contribution in [-0.2, 0) is 34.2 Å². The maximum Gasteiger partial charge on any atom is 0.308 e. The first-order valence-electron chi connectivity index (χ1n) is 13.2. The molecular formula is C31H28N2O9S2. The molecule has 1 amide bonds. The van der Waals surface area contributed by atoms with Gasteiger partial charge in [-0.3, -0.25) is 19.1 Å². The molecule has 0 saturated heterocycles. The number of ether oxygens (including phenoxy) is 2. The highest BCUT2D eigenvalue weighted by Crippen LogP contribution is 2.34. The molecule has 0 radical (unpaired) electrons. The second-order valence-corrected chi connectivity index (χ2v) is 13.3. The average molecular weight is 637 g/mol. The van der Waals surface area contributed by atoms with Crippen molar-refractivity contribution in [2.24, 2.45) is 0 Å². The Morgan fingerprint density at radius 3 is 2.11 bits per heavy atom. The maximum absolute atomic E-state index is 13.4. The molecule has 0 atom stereocenters. The fourth-order valence-electron chi connectivity index (χ4n) is 4.18. The van der Waals surface area contributed by atoms with Gasteiger partial charge in [-0.1, -0.05) is 43.3 Å². The summed E-state index contributed by atoms with van der Waals surface area (Å²) in [5.41, 5.74) is 0.810. The zero-order valence-electron chi connectivity index (χ0n) is 23.9. The third kappa shape index (κ3) is 7.68. The minimum atomic E-state index is -4.16. The van der Waals surface area contributed by atoms with E-state index in [9.17, 15) is 31.2 Å². The maximum atomic E-state index is 13.4. The van der Waals surface area contributed by atoms with Crippen molar-refractivity contribution in [2.75, 3.05) is 15.8 Å². The molecule has 0 aliphatic heterocycles. The van der Waals surface area contributed by atoms with E-state index in [0.717, 1.165) is 6.08 Å². The number of carbonyl (C=O) groups excluding carboxylic acids is 3. The summed E-state index contributed by atoms with van der Waals surface area (Å²) < 4.78 is 65.2. The van der Waals surface area contributed by atoms with E-state index in [1.54, 1.807) is 36.4 Å². The highest BCUT2D eigenvalue weighted by atomic mass is 32.2. The Labute approximate surface area is 254 Å². The van der Waals surface area contributed by atoms with Gasteiger partial charge in [0.15, 0.2) is 21.3 Å². The molecule has 0 spiro atoms. The number of esters is 2. The van der Waals surface area contributed by atoms with Crippen molar-refractivity contribution in [1.29, 1.82) is 0 Å². The number of para-hydroxylation sites is 1. The lowest BCUT2D eigenvalue weighted by atomic mass is 10.1. The van der Waals surface area contributed by atoms with Crippen molar-refractivity contribution in [3.63, 3.8) is 0 Å². The highest BCUT2D eigenvalue weighted by molar-refractivity contribution is 7.93. The molecule has 0 bridgehead atoms. The van der Waals surface area contributed by atoms with Crippen molar-refractivity contribution >= 4 is 65.9 Å². The molecule has 0 saturated carbocycles. The van der Waals surface area contributed by atoms with Gasteiger partial charge in [0.2, 0.25) is 5.91 Å². The van der Waals surface area contributed by atoms with E-state index in [4.69, 9.17) is 9.47 Å². The van der Waals surface area contributed by atoms with Crippen LogP contribution in [0.5, 0.6) is 11.5 Å². The van der Waals surface area contributed by atoms with E-state index in [0.29, 0.717) is 16.6 Å². The fourth-order valence-corrected chi connectivity index (χ4v) is 6.38. The van der Waals surface area contributed by atoms with Crippen LogP contribution < -0.4 is 19.5 Å². The SMILES string of the molecule is CCS(=O)(=O)c1cc(NC(=O)/C=C/c2ccc(OC(C)=O)c(OC(C)=O)c2)c2cccc(S(=O)(=O)Nc3ccccc3)c2c1. The van der Waals surface area contributed by atoms with Gasteiger partial charge in [0.25, 0.3) is 10.0 Å². The predicted octanol–water partition coefficient (Wildman–Crippen LogP) is 4.94. The van der Waals surface area contributed by atoms with Crippen LogP contribution in [0, 0.1) is 0 Å². The molecule has 4 aromatic carbocycles. The Morgan fingerprint density at radius 2 is 1.45 bits per heavy atom. The van der Waals surface area contributed by atoms with Crippen LogP contribution in [0.4, 0.5) is 11.4 Å². The third-order valence-corrected chi connectivity index (χ3v) is 9.30. The summed E-state index contributed by atoms with van der Waals surface area (Å²) in [4.78, 5) is 35.6. The molecule has 2 N–H and O–H groups in total. The number of nitrogens with one attached hydrogen (secondary N) is 2. The summed E-state index contributed by atoms with van der Waals surface area (Å²) in [7, 11) is -7.98. The summed E-state index contributed by atoms with van der Waals surface area (Å²) >= 11 is 0. The molecule has 0 unspecified atom stereocenters. The third-order valence-electron chi connectivity index (χ3n) is 6.14. The smallest absolute Gasteiger partial charge is 0.308 e. The van der Waals surface area contributed by atoms with Gasteiger partial charge in [-0.25, -0.2) is 16.8 Å². The van der Waals surface area contributed by atoms with Gasteiger partial charge in [0.1, 0.15) is 0 Å². The van der Waals surface area contributed by atoms with Crippen LogP contribution in [0.15, 0.2) is 94.7 Å². The molecule has 0 heterocycles. The van der Waals surface area contributed by atoms with E-state index in [2.05, 4.69) is 10.0 Å². The number of rotatable bonds is 10. The van der Waals surface area contributed by atoms with Gasteiger partial charge in [-0.2, -0.15) is 0 Å². The van der Waals surface area contributed by atoms with E-state index in [1.165, 1.54) is 69.3 Å². The van der Waals surface area contributed by atoms with Gasteiger partial charge in [0.05, 0.1) is 21.2 Å². The standard InChI is InChI=1S/C31H28N2O9S2/c1-4-43(37,38)24-18-26-25(11-8-12-30(26)44(39,40)33-23-9-6-5-7-10-23)27(19-24)32-31(36)16-14-22-13-15-28(41-20(2)34)29(17-22)42-21(3)35/h5-19,33H,4H2,1-3H3,(H,32,36)/b16-14+. The number of hydrogen-bond donors (Lipinski definition) is 2. The normalized spacial score (nSPS) is 11.7. The Kier molecular flexibility index (Phi) is 9.50. The molecule has 4 rings (SSSR count). The minimum Gasteiger partial charge on any atom is -0.423 e. The van der Waals surface area contributed by atoms with E-state index >= 15 is 0 Å². The van der Waals surface area contributed by atoms with Crippen LogP contribution in [0.1, 0.15) is 26.3 Å². The van der Waals surface area contributed by atoms with E-state index in [1.807, 2.05) is 0 Å². The lowest BCUT2D eigenvalue weighted by Crippen LogP contribution is -2.14. The number of sulfonamides is 1. The minimum absolute atomic E-state index is 0.0160. The van der Waals surface area contributed by atoms with Crippen molar-refractivity contribution in [2.45, 2.75) is 30.6 Å². The predicted molar refractivity (Wildman–Crippen MR) is 166 cm³/mol. The number of sulfone groups is 1. The molecule has 0 aliphatic carbocycles. The quantitative estimate of drug-likeness (QED) is 0.140. The summed E-state index contributed by atoms with van der Waals surface area (Å²) in [6.45, 7) is 3.83. The summed E-state index contributed by atoms with van der Waals surface area (Å²) in [6, 6.07) is 19.5. The van der Waals surface area contributed by atoms with Gasteiger partial charge in [-0.05, 0) is 54.1 Å². The lowest BCUT2D eigenvalue weighted by molar-refractivity contribution is -0.134. The molecule has 0 aromatic heterocycles. The Hall–Kier alpha value is -5.01. The first-order chi connectivity index (χ1) is 20.8. The molecule has 13 heteroatoms. The molecule has 44 heavy (non-hydrogen) atoms. The van der Waals surface area contributed by atoms with Crippen LogP contribution in [0.2, 0.25) is 0 Å². The van der Waals surface area contributed by atoms with Gasteiger partial charge in [0, 0.05) is 36.4 Å². The molecule has 11 nitrogen and oxygen atoms in total. The Bertz CT molecular complexity index is 2000. The number of fused-ring (bicyclic) bond motifs is 1. The highest BCUT2D eigenvalue weighted by Gasteiger charge is 2.22. The Balaban J connectivity index is 1.73. The molecule has 0 aliphatic rings. The first kappa shape index (κ1) is 31.9. The number of carbonyl (C=O) groups is 3. The van der Waals surface area contributed by atoms with Crippen LogP contribution >= 0.6 is 0 Å². The summed E-state index contributed by atoms with van der Waals surface area (Å²) in [6.07, 6.45) is 2.55. The van der Waals surface area contributed by atoms with Crippen molar-refractivity contribution in [3.8, 4) is 11.5 Å². The van der Waals surface area contributed by atoms with Crippen LogP contribution in [0.3, 0.4) is 0 Å². The number of hydrogen-bond acceptors (Lipinski definition) is 9. The molecule has 4 aromatic rings. The average Bonchev–Trinajstić information content (AvgIpc) is 2.96. The molecular weight excluding hydrogens is 608 g/mol. The van der Waals surface area contributed by atoms with E-state index in [-0.39, 0.29) is 38.1 Å². The Morgan fingerprint density at radius 1 is 0.773 bits per heavy atom. The molecule has 228 valence electrons. The topological polar surface area (TPSA) is 162 Å².